The Kier molecular flexibility index (Phi) is 5.12. The Bertz CT molecular complexity index is 898. The van der Waals surface area contributed by atoms with Gasteiger partial charge in [0.2, 0.25) is 0 Å². The van der Waals surface area contributed by atoms with Crippen molar-refractivity contribution in [1.29, 1.82) is 0 Å². The lowest BCUT2D eigenvalue weighted by atomic mass is 10.0. The first-order valence-corrected chi connectivity index (χ1v) is 9.15. The molecule has 5 nitrogen and oxygen atoms in total. The number of hydrogen-bond donors (Lipinski definition) is 2. The highest BCUT2D eigenvalue weighted by Gasteiger charge is 2.22. The van der Waals surface area contributed by atoms with E-state index in [0.717, 1.165) is 31.1 Å². The van der Waals surface area contributed by atoms with Gasteiger partial charge in [-0.3, -0.25) is 4.79 Å². The maximum absolute atomic E-state index is 12.6. The molecule has 1 aliphatic heterocycles. The van der Waals surface area contributed by atoms with Gasteiger partial charge in [-0.1, -0.05) is 48.5 Å². The lowest BCUT2D eigenvalue weighted by Crippen LogP contribution is -2.46. The molecule has 136 valence electrons. The molecule has 1 atom stereocenters. The van der Waals surface area contributed by atoms with Crippen LogP contribution in [0, 0.1) is 0 Å². The number of benzene rings is 2. The molecular weight excluding hydrogens is 336 g/mol. The molecule has 0 saturated carbocycles. The second-order valence-electron chi connectivity index (χ2n) is 6.59. The number of amides is 1. The molecule has 1 aliphatic rings. The zero-order valence-corrected chi connectivity index (χ0v) is 15.0. The predicted octanol–water partition coefficient (Wildman–Crippen LogP) is 3.48. The number of piperazine rings is 1. The molecule has 2 aromatic carbocycles. The normalized spacial score (nSPS) is 16.7. The highest BCUT2D eigenvalue weighted by molar-refractivity contribution is 6.04. The largest absolute Gasteiger partial charge is 0.353 e. The summed E-state index contributed by atoms with van der Waals surface area (Å²) < 4.78 is 0. The van der Waals surface area contributed by atoms with E-state index in [0.29, 0.717) is 5.56 Å². The number of aromatic nitrogens is 1. The van der Waals surface area contributed by atoms with Crippen LogP contribution in [-0.2, 0) is 0 Å². The Hall–Kier alpha value is -3.18. The summed E-state index contributed by atoms with van der Waals surface area (Å²) in [7, 11) is 0. The smallest absolute Gasteiger partial charge is 0.255 e. The molecular formula is C22H22N4O. The number of pyridine rings is 1. The first-order chi connectivity index (χ1) is 13.3. The van der Waals surface area contributed by atoms with Crippen LogP contribution >= 0.6 is 0 Å². The van der Waals surface area contributed by atoms with E-state index < -0.39 is 0 Å². The SMILES string of the molecule is O=C(Nc1ccccc1)c1ccnc(N2CCNC(c3ccccc3)C2)c1. The monoisotopic (exact) mass is 358 g/mol. The van der Waals surface area contributed by atoms with Gasteiger partial charge >= 0.3 is 0 Å². The summed E-state index contributed by atoms with van der Waals surface area (Å²) in [4.78, 5) is 19.3. The first-order valence-electron chi connectivity index (χ1n) is 9.15. The van der Waals surface area contributed by atoms with E-state index in [-0.39, 0.29) is 11.9 Å². The summed E-state index contributed by atoms with van der Waals surface area (Å²) in [5.74, 6) is 0.706. The number of nitrogens with zero attached hydrogens (tertiary/aromatic N) is 2. The van der Waals surface area contributed by atoms with Crippen LogP contribution in [0.4, 0.5) is 11.5 Å². The molecule has 1 fully saturated rings. The van der Waals surface area contributed by atoms with Crippen LogP contribution in [0.2, 0.25) is 0 Å². The summed E-state index contributed by atoms with van der Waals surface area (Å²) in [5.41, 5.74) is 2.66. The lowest BCUT2D eigenvalue weighted by molar-refractivity contribution is 0.102. The minimum absolute atomic E-state index is 0.125. The van der Waals surface area contributed by atoms with Crippen LogP contribution < -0.4 is 15.5 Å². The molecule has 5 heteroatoms. The Balaban J connectivity index is 1.49. The van der Waals surface area contributed by atoms with Gasteiger partial charge in [-0.25, -0.2) is 4.98 Å². The fourth-order valence-electron chi connectivity index (χ4n) is 3.32. The van der Waals surface area contributed by atoms with E-state index in [2.05, 4.69) is 44.8 Å². The van der Waals surface area contributed by atoms with Crippen molar-refractivity contribution in [1.82, 2.24) is 10.3 Å². The van der Waals surface area contributed by atoms with Crippen LogP contribution in [-0.4, -0.2) is 30.5 Å². The van der Waals surface area contributed by atoms with Crippen LogP contribution in [0.3, 0.4) is 0 Å². The lowest BCUT2D eigenvalue weighted by Gasteiger charge is -2.34. The molecule has 0 aliphatic carbocycles. The number of para-hydroxylation sites is 1. The molecule has 1 amide bonds. The van der Waals surface area contributed by atoms with Gasteiger partial charge < -0.3 is 15.5 Å². The fourth-order valence-corrected chi connectivity index (χ4v) is 3.32. The molecule has 1 unspecified atom stereocenters. The van der Waals surface area contributed by atoms with Gasteiger partial charge in [-0.2, -0.15) is 0 Å². The Morgan fingerprint density at radius 3 is 2.56 bits per heavy atom. The standard InChI is InChI=1S/C22H22N4O/c27-22(25-19-9-5-2-6-10-19)18-11-12-24-21(15-18)26-14-13-23-20(16-26)17-7-3-1-4-8-17/h1-12,15,20,23H,13-14,16H2,(H,25,27). The number of rotatable bonds is 4. The Morgan fingerprint density at radius 1 is 1.04 bits per heavy atom. The third-order valence-corrected chi connectivity index (χ3v) is 4.74. The molecule has 3 aromatic rings. The second-order valence-corrected chi connectivity index (χ2v) is 6.59. The molecule has 4 rings (SSSR count). The van der Waals surface area contributed by atoms with Crippen molar-refractivity contribution in [2.24, 2.45) is 0 Å². The summed E-state index contributed by atoms with van der Waals surface area (Å²) in [5, 5.41) is 6.48. The molecule has 0 bridgehead atoms. The van der Waals surface area contributed by atoms with Crippen molar-refractivity contribution in [2.75, 3.05) is 29.9 Å². The van der Waals surface area contributed by atoms with Crippen molar-refractivity contribution >= 4 is 17.4 Å². The molecule has 1 saturated heterocycles. The van der Waals surface area contributed by atoms with Crippen LogP contribution in [0.15, 0.2) is 79.0 Å². The minimum atomic E-state index is -0.125. The average molecular weight is 358 g/mol. The molecule has 0 spiro atoms. The zero-order valence-electron chi connectivity index (χ0n) is 15.0. The van der Waals surface area contributed by atoms with Gasteiger partial charge in [0.1, 0.15) is 5.82 Å². The predicted molar refractivity (Wildman–Crippen MR) is 108 cm³/mol. The zero-order chi connectivity index (χ0) is 18.5. The highest BCUT2D eigenvalue weighted by Crippen LogP contribution is 2.22. The molecule has 2 heterocycles. The van der Waals surface area contributed by atoms with Crippen LogP contribution in [0.1, 0.15) is 22.0 Å². The number of carbonyl (C=O) groups excluding carboxylic acids is 1. The first kappa shape index (κ1) is 17.2. The number of hydrogen-bond acceptors (Lipinski definition) is 4. The molecule has 27 heavy (non-hydrogen) atoms. The van der Waals surface area contributed by atoms with Crippen LogP contribution in [0.5, 0.6) is 0 Å². The van der Waals surface area contributed by atoms with Gasteiger partial charge in [-0.15, -0.1) is 0 Å². The van der Waals surface area contributed by atoms with Gasteiger partial charge in [-0.05, 0) is 29.8 Å². The topological polar surface area (TPSA) is 57.3 Å². The van der Waals surface area contributed by atoms with E-state index in [9.17, 15) is 4.79 Å². The third kappa shape index (κ3) is 4.15. The molecule has 1 aromatic heterocycles. The second kappa shape index (κ2) is 8.01. The van der Waals surface area contributed by atoms with Crippen molar-refractivity contribution in [2.45, 2.75) is 6.04 Å². The van der Waals surface area contributed by atoms with E-state index in [1.165, 1.54) is 5.56 Å². The fraction of sp³-hybridized carbons (Fsp3) is 0.182. The summed E-state index contributed by atoms with van der Waals surface area (Å²) in [6.45, 7) is 2.56. The van der Waals surface area contributed by atoms with Crippen LogP contribution in [0.25, 0.3) is 0 Å². The Labute approximate surface area is 159 Å². The third-order valence-electron chi connectivity index (χ3n) is 4.74. The van der Waals surface area contributed by atoms with E-state index >= 15 is 0 Å². The molecule has 0 radical (unpaired) electrons. The van der Waals surface area contributed by atoms with Gasteiger partial charge in [0.15, 0.2) is 0 Å². The summed E-state index contributed by atoms with van der Waals surface area (Å²) in [6, 6.07) is 23.8. The van der Waals surface area contributed by atoms with Gasteiger partial charge in [0.05, 0.1) is 0 Å². The van der Waals surface area contributed by atoms with Crippen molar-refractivity contribution in [3.8, 4) is 0 Å². The minimum Gasteiger partial charge on any atom is -0.353 e. The van der Waals surface area contributed by atoms with Crippen molar-refractivity contribution < 1.29 is 4.79 Å². The van der Waals surface area contributed by atoms with Gasteiger partial charge in [0, 0.05) is 43.1 Å². The average Bonchev–Trinajstić information content (AvgIpc) is 2.75. The highest BCUT2D eigenvalue weighted by atomic mass is 16.1. The summed E-state index contributed by atoms with van der Waals surface area (Å²) in [6.07, 6.45) is 1.70. The number of carbonyl (C=O) groups is 1. The van der Waals surface area contributed by atoms with E-state index in [1.54, 1.807) is 12.3 Å². The van der Waals surface area contributed by atoms with Gasteiger partial charge in [0.25, 0.3) is 5.91 Å². The number of nitrogens with one attached hydrogen (secondary N) is 2. The quantitative estimate of drug-likeness (QED) is 0.750. The number of anilines is 2. The van der Waals surface area contributed by atoms with E-state index in [1.807, 2.05) is 42.5 Å². The maximum atomic E-state index is 12.6. The van der Waals surface area contributed by atoms with Crippen molar-refractivity contribution in [3.05, 3.63) is 90.1 Å². The summed E-state index contributed by atoms with van der Waals surface area (Å²) >= 11 is 0. The maximum Gasteiger partial charge on any atom is 0.255 e. The molecule has 2 N–H and O–H groups in total. The Morgan fingerprint density at radius 2 is 1.78 bits per heavy atom. The van der Waals surface area contributed by atoms with E-state index in [4.69, 9.17) is 0 Å². The van der Waals surface area contributed by atoms with Crippen molar-refractivity contribution in [3.63, 3.8) is 0 Å².